The van der Waals surface area contributed by atoms with Gasteiger partial charge < -0.3 is 23.7 Å². The monoisotopic (exact) mass is 726 g/mol. The van der Waals surface area contributed by atoms with Crippen LogP contribution in [0.2, 0.25) is 0 Å². The first-order valence-corrected chi connectivity index (χ1v) is 20.0. The molecule has 1 fully saturated rings. The predicted octanol–water partition coefficient (Wildman–Crippen LogP) is 13.1. The zero-order valence-electron chi connectivity index (χ0n) is 31.7. The van der Waals surface area contributed by atoms with Crippen LogP contribution in [0.3, 0.4) is 0 Å². The fourth-order valence-electron chi connectivity index (χ4n) is 9.91. The highest BCUT2D eigenvalue weighted by Crippen LogP contribution is 2.62. The molecule has 6 heterocycles. The van der Waals surface area contributed by atoms with Gasteiger partial charge in [-0.2, -0.15) is 0 Å². The van der Waals surface area contributed by atoms with Gasteiger partial charge in [-0.25, -0.2) is 0 Å². The van der Waals surface area contributed by atoms with Crippen molar-refractivity contribution in [1.82, 2.24) is 0 Å². The van der Waals surface area contributed by atoms with Crippen LogP contribution in [0.1, 0.15) is 85.6 Å². The number of methoxy groups -OCH3 is 2. The fraction of sp³-hybridized carbons (Fsp3) is 0.280. The molecule has 2 spiro atoms. The average molecular weight is 727 g/mol. The van der Waals surface area contributed by atoms with Gasteiger partial charge in [-0.15, -0.1) is 0 Å². The Hall–Kier alpha value is -5.68. The summed E-state index contributed by atoms with van der Waals surface area (Å²) in [6, 6.07) is 38.2. The maximum Gasteiger partial charge on any atom is 0.161 e. The topological polar surface area (TPSA) is 46.2 Å². The van der Waals surface area contributed by atoms with Crippen molar-refractivity contribution in [1.29, 1.82) is 0 Å². The van der Waals surface area contributed by atoms with Crippen LogP contribution in [0.25, 0.3) is 28.0 Å². The standard InChI is InChI=1S/C50H46O5/c1-51-44-31-41-42(32-45(44)52-2)48-40(47-46(41)39-12-5-6-13-43(39)49(47)27-8-3-4-9-28-49)26-30-50(55-48)29-10-7-11-33-14-18-35(19-15-33)53-37-22-24-38(25-23-37)54-36-20-16-34(50)17-21-36/h5-6,12-26,30-32H,3-4,7-11,27-29H2,1-2H3. The van der Waals surface area contributed by atoms with Gasteiger partial charge >= 0.3 is 0 Å². The van der Waals surface area contributed by atoms with Crippen LogP contribution < -0.4 is 23.7 Å². The van der Waals surface area contributed by atoms with E-state index in [4.69, 9.17) is 23.7 Å². The minimum Gasteiger partial charge on any atom is -0.493 e. The molecule has 2 aliphatic carbocycles. The predicted molar refractivity (Wildman–Crippen MR) is 219 cm³/mol. The molecule has 0 aromatic heterocycles. The van der Waals surface area contributed by atoms with Crippen LogP contribution in [0.15, 0.2) is 115 Å². The second kappa shape index (κ2) is 13.6. The molecule has 55 heavy (non-hydrogen) atoms. The first kappa shape index (κ1) is 33.9. The van der Waals surface area contributed by atoms with E-state index in [0.29, 0.717) is 5.75 Å². The van der Waals surface area contributed by atoms with E-state index in [0.717, 1.165) is 89.4 Å². The summed E-state index contributed by atoms with van der Waals surface area (Å²) in [4.78, 5) is 0. The molecule has 276 valence electrons. The van der Waals surface area contributed by atoms with Gasteiger partial charge in [0.05, 0.1) is 14.2 Å². The zero-order valence-corrected chi connectivity index (χ0v) is 31.7. The van der Waals surface area contributed by atoms with Crippen LogP contribution in [0, 0.1) is 0 Å². The third kappa shape index (κ3) is 5.66. The lowest BCUT2D eigenvalue weighted by molar-refractivity contribution is 0.105. The Labute approximate surface area is 323 Å². The molecule has 6 aromatic carbocycles. The lowest BCUT2D eigenvalue weighted by Crippen LogP contribution is -2.34. The Kier molecular flexibility index (Phi) is 8.35. The third-order valence-electron chi connectivity index (χ3n) is 12.6. The number of aryl methyl sites for hydroxylation is 1. The van der Waals surface area contributed by atoms with Crippen LogP contribution in [-0.4, -0.2) is 14.2 Å². The first-order valence-electron chi connectivity index (χ1n) is 20.0. The van der Waals surface area contributed by atoms with E-state index in [2.05, 4.69) is 97.1 Å². The van der Waals surface area contributed by atoms with E-state index in [1.54, 1.807) is 14.2 Å². The summed E-state index contributed by atoms with van der Waals surface area (Å²) in [5.74, 6) is 5.49. The summed E-state index contributed by atoms with van der Waals surface area (Å²) < 4.78 is 32.1. The molecule has 0 N–H and O–H groups in total. The number of hydrogen-bond donors (Lipinski definition) is 0. The number of hydrogen-bond acceptors (Lipinski definition) is 5. The van der Waals surface area contributed by atoms with Crippen LogP contribution in [-0.2, 0) is 17.4 Å². The Morgan fingerprint density at radius 3 is 1.82 bits per heavy atom. The Bertz CT molecular complexity index is 2420. The van der Waals surface area contributed by atoms with Gasteiger partial charge in [0.2, 0.25) is 0 Å². The largest absolute Gasteiger partial charge is 0.493 e. The van der Waals surface area contributed by atoms with Gasteiger partial charge in [-0.3, -0.25) is 0 Å². The van der Waals surface area contributed by atoms with E-state index in [1.807, 2.05) is 24.3 Å². The van der Waals surface area contributed by atoms with Crippen molar-refractivity contribution in [2.75, 3.05) is 14.2 Å². The number of fused-ring (bicyclic) bond motifs is 11. The smallest absolute Gasteiger partial charge is 0.161 e. The molecule has 1 unspecified atom stereocenters. The van der Waals surface area contributed by atoms with Gasteiger partial charge in [0.15, 0.2) is 17.1 Å². The molecular formula is C50H46O5. The van der Waals surface area contributed by atoms with Crippen molar-refractivity contribution in [2.24, 2.45) is 0 Å². The molecule has 0 saturated heterocycles. The van der Waals surface area contributed by atoms with Crippen molar-refractivity contribution >= 4 is 16.8 Å². The summed E-state index contributed by atoms with van der Waals surface area (Å²) >= 11 is 0. The van der Waals surface area contributed by atoms with E-state index in [-0.39, 0.29) is 5.41 Å². The van der Waals surface area contributed by atoms with Crippen LogP contribution in [0.4, 0.5) is 0 Å². The lowest BCUT2D eigenvalue weighted by Gasteiger charge is -2.39. The van der Waals surface area contributed by atoms with Crippen molar-refractivity contribution in [2.45, 2.75) is 75.2 Å². The summed E-state index contributed by atoms with van der Waals surface area (Å²) in [7, 11) is 3.44. The van der Waals surface area contributed by atoms with Crippen LogP contribution in [0.5, 0.6) is 40.2 Å². The van der Waals surface area contributed by atoms with Crippen molar-refractivity contribution in [3.63, 3.8) is 0 Å². The lowest BCUT2D eigenvalue weighted by atomic mass is 9.70. The number of rotatable bonds is 2. The molecule has 1 saturated carbocycles. The Balaban J connectivity index is 1.15. The summed E-state index contributed by atoms with van der Waals surface area (Å²) in [6.45, 7) is 0. The molecule has 5 nitrogen and oxygen atoms in total. The normalized spacial score (nSPS) is 19.3. The summed E-state index contributed by atoms with van der Waals surface area (Å²) in [5, 5.41) is 2.21. The van der Waals surface area contributed by atoms with Gasteiger partial charge in [0, 0.05) is 16.4 Å². The van der Waals surface area contributed by atoms with E-state index < -0.39 is 5.60 Å². The van der Waals surface area contributed by atoms with Gasteiger partial charge in [0.25, 0.3) is 0 Å². The van der Waals surface area contributed by atoms with E-state index in [9.17, 15) is 0 Å². The molecule has 0 radical (unpaired) electrons. The molecule has 14 rings (SSSR count). The fourth-order valence-corrected chi connectivity index (χ4v) is 9.91. The van der Waals surface area contributed by atoms with Gasteiger partial charge in [0.1, 0.15) is 28.7 Å². The maximum atomic E-state index is 7.67. The molecule has 6 aliphatic heterocycles. The Morgan fingerprint density at radius 2 is 1.16 bits per heavy atom. The molecule has 5 heteroatoms. The highest BCUT2D eigenvalue weighted by atomic mass is 16.5. The van der Waals surface area contributed by atoms with Crippen molar-refractivity contribution in [3.05, 3.63) is 143 Å². The second-order valence-corrected chi connectivity index (χ2v) is 15.7. The number of ether oxygens (including phenoxy) is 5. The summed E-state index contributed by atoms with van der Waals surface area (Å²) in [6.07, 6.45) is 15.8. The van der Waals surface area contributed by atoms with Gasteiger partial charge in [-0.1, -0.05) is 80.3 Å². The molecular weight excluding hydrogens is 681 g/mol. The minimum atomic E-state index is -0.690. The Morgan fingerprint density at radius 1 is 0.582 bits per heavy atom. The van der Waals surface area contributed by atoms with E-state index in [1.165, 1.54) is 59.1 Å². The molecule has 6 bridgehead atoms. The number of benzene rings is 6. The van der Waals surface area contributed by atoms with Crippen LogP contribution >= 0.6 is 0 Å². The van der Waals surface area contributed by atoms with Crippen molar-refractivity contribution in [3.8, 4) is 51.4 Å². The van der Waals surface area contributed by atoms with Gasteiger partial charge in [-0.05, 0) is 144 Å². The molecule has 1 atom stereocenters. The third-order valence-corrected chi connectivity index (χ3v) is 12.6. The van der Waals surface area contributed by atoms with Crippen molar-refractivity contribution < 1.29 is 23.7 Å². The quantitative estimate of drug-likeness (QED) is 0.178. The summed E-state index contributed by atoms with van der Waals surface area (Å²) in [5.41, 5.74) is 8.40. The highest BCUT2D eigenvalue weighted by molar-refractivity contribution is 6.09. The molecule has 8 aliphatic rings. The minimum absolute atomic E-state index is 0.0687. The first-order chi connectivity index (χ1) is 27.1. The zero-order chi connectivity index (χ0) is 37.0. The second-order valence-electron chi connectivity index (χ2n) is 15.7. The SMILES string of the molecule is COc1cc2c3c(c4c(c2cc1OC)-c1ccccc1C41CCCCCC1)C=CC1(CCCCc2ccc(cc2)Oc2ccc(cc2)Oc2ccc1cc2)O3. The average Bonchev–Trinajstić information content (AvgIpc) is 3.32. The maximum absolute atomic E-state index is 7.67. The van der Waals surface area contributed by atoms with E-state index >= 15 is 0 Å². The molecule has 6 aromatic rings. The highest BCUT2D eigenvalue weighted by Gasteiger charge is 2.48. The molecule has 0 amide bonds.